The van der Waals surface area contributed by atoms with E-state index in [1.54, 1.807) is 0 Å². The second-order valence-electron chi connectivity index (χ2n) is 5.64. The lowest BCUT2D eigenvalue weighted by Gasteiger charge is -2.45. The number of nitrogens with one attached hydrogen (secondary N) is 1. The molecule has 2 N–H and O–H groups in total. The van der Waals surface area contributed by atoms with Gasteiger partial charge in [0.25, 0.3) is 0 Å². The van der Waals surface area contributed by atoms with Crippen molar-refractivity contribution in [2.75, 3.05) is 6.54 Å². The van der Waals surface area contributed by atoms with Gasteiger partial charge in [-0.2, -0.15) is 0 Å². The van der Waals surface area contributed by atoms with Gasteiger partial charge in [0.1, 0.15) is 6.29 Å². The van der Waals surface area contributed by atoms with Crippen molar-refractivity contribution in [3.63, 3.8) is 0 Å². The summed E-state index contributed by atoms with van der Waals surface area (Å²) in [4.78, 5) is 22.2. The Morgan fingerprint density at radius 2 is 2.18 bits per heavy atom. The van der Waals surface area contributed by atoms with Crippen LogP contribution in [0.3, 0.4) is 0 Å². The highest BCUT2D eigenvalue weighted by atomic mass is 16.4. The van der Waals surface area contributed by atoms with E-state index in [4.69, 9.17) is 5.11 Å². The molecule has 0 aliphatic heterocycles. The highest BCUT2D eigenvalue weighted by Gasteiger charge is 2.44. The topological polar surface area (TPSA) is 66.4 Å². The summed E-state index contributed by atoms with van der Waals surface area (Å²) < 4.78 is 0. The number of hydrogen-bond donors (Lipinski definition) is 2. The Bertz CT molecular complexity index is 290. The van der Waals surface area contributed by atoms with Gasteiger partial charge < -0.3 is 9.90 Å². The van der Waals surface area contributed by atoms with Gasteiger partial charge in [0.2, 0.25) is 0 Å². The molecule has 0 radical (unpaired) electrons. The molecule has 0 aromatic carbocycles. The van der Waals surface area contributed by atoms with Crippen molar-refractivity contribution >= 4 is 12.3 Å². The van der Waals surface area contributed by atoms with Crippen LogP contribution in [-0.2, 0) is 9.59 Å². The van der Waals surface area contributed by atoms with Gasteiger partial charge in [0.05, 0.1) is 12.1 Å². The first-order valence-electron chi connectivity index (χ1n) is 6.34. The van der Waals surface area contributed by atoms with E-state index in [-0.39, 0.29) is 12.5 Å². The van der Waals surface area contributed by atoms with Crippen LogP contribution in [0, 0.1) is 17.8 Å². The van der Waals surface area contributed by atoms with Crippen molar-refractivity contribution in [1.29, 1.82) is 0 Å². The van der Waals surface area contributed by atoms with Crippen LogP contribution in [0.25, 0.3) is 0 Å². The molecule has 1 aliphatic rings. The molecule has 0 aromatic rings. The van der Waals surface area contributed by atoms with E-state index in [0.717, 1.165) is 25.5 Å². The van der Waals surface area contributed by atoms with Crippen molar-refractivity contribution in [2.45, 2.75) is 45.6 Å². The summed E-state index contributed by atoms with van der Waals surface area (Å²) in [5.41, 5.74) is -0.649. The number of carboxylic acid groups (broad SMARTS) is 1. The molecular formula is C13H23NO3. The minimum atomic E-state index is -0.910. The largest absolute Gasteiger partial charge is 0.480 e. The molecule has 1 saturated carbocycles. The van der Waals surface area contributed by atoms with Crippen molar-refractivity contribution in [3.8, 4) is 0 Å². The summed E-state index contributed by atoms with van der Waals surface area (Å²) in [6.07, 6.45) is 3.79. The smallest absolute Gasteiger partial charge is 0.317 e. The Morgan fingerprint density at radius 3 is 2.65 bits per heavy atom. The average Bonchev–Trinajstić information content (AvgIpc) is 2.25. The lowest BCUT2D eigenvalue weighted by atomic mass is 9.65. The third kappa shape index (κ3) is 3.28. The van der Waals surface area contributed by atoms with Gasteiger partial charge >= 0.3 is 5.97 Å². The number of carbonyl (C=O) groups is 2. The van der Waals surface area contributed by atoms with Crippen LogP contribution >= 0.6 is 0 Å². The predicted molar refractivity (Wildman–Crippen MR) is 65.8 cm³/mol. The van der Waals surface area contributed by atoms with Crippen LogP contribution in [0.5, 0.6) is 0 Å². The fourth-order valence-corrected chi connectivity index (χ4v) is 3.10. The standard InChI is InChI=1S/C13H23NO3/c1-9(2)11-5-4-10(3)6-13(11,8-15)14-7-12(16)17/h8-11,14H,4-7H2,1-3H3,(H,16,17). The molecule has 0 amide bonds. The Balaban J connectivity index is 2.87. The fourth-order valence-electron chi connectivity index (χ4n) is 3.10. The molecule has 0 aromatic heterocycles. The van der Waals surface area contributed by atoms with Gasteiger partial charge in [-0.25, -0.2) is 0 Å². The van der Waals surface area contributed by atoms with Gasteiger partial charge in [0.15, 0.2) is 0 Å². The zero-order chi connectivity index (χ0) is 13.1. The minimum Gasteiger partial charge on any atom is -0.480 e. The summed E-state index contributed by atoms with van der Waals surface area (Å²) in [5, 5.41) is 11.7. The molecular weight excluding hydrogens is 218 g/mol. The molecule has 1 rings (SSSR count). The Kier molecular flexibility index (Phi) is 4.69. The highest BCUT2D eigenvalue weighted by molar-refractivity contribution is 5.72. The molecule has 1 aliphatic carbocycles. The van der Waals surface area contributed by atoms with Gasteiger partial charge in [-0.3, -0.25) is 10.1 Å². The van der Waals surface area contributed by atoms with Crippen molar-refractivity contribution < 1.29 is 14.7 Å². The van der Waals surface area contributed by atoms with Crippen molar-refractivity contribution in [1.82, 2.24) is 5.32 Å². The average molecular weight is 241 g/mol. The molecule has 1 fully saturated rings. The summed E-state index contributed by atoms with van der Waals surface area (Å²) in [6.45, 7) is 6.18. The zero-order valence-electron chi connectivity index (χ0n) is 10.9. The van der Waals surface area contributed by atoms with E-state index >= 15 is 0 Å². The van der Waals surface area contributed by atoms with Gasteiger partial charge in [0, 0.05) is 0 Å². The first kappa shape index (κ1) is 14.2. The quantitative estimate of drug-likeness (QED) is 0.719. The third-order valence-electron chi connectivity index (χ3n) is 3.90. The van der Waals surface area contributed by atoms with Crippen molar-refractivity contribution in [3.05, 3.63) is 0 Å². The maximum Gasteiger partial charge on any atom is 0.317 e. The monoisotopic (exact) mass is 241 g/mol. The van der Waals surface area contributed by atoms with Gasteiger partial charge in [-0.1, -0.05) is 27.2 Å². The molecule has 17 heavy (non-hydrogen) atoms. The van der Waals surface area contributed by atoms with Gasteiger partial charge in [-0.15, -0.1) is 0 Å². The van der Waals surface area contributed by atoms with Crippen LogP contribution in [0.2, 0.25) is 0 Å². The normalized spacial score (nSPS) is 33.6. The number of hydrogen-bond acceptors (Lipinski definition) is 3. The maximum atomic E-state index is 11.5. The first-order valence-corrected chi connectivity index (χ1v) is 6.34. The predicted octanol–water partition coefficient (Wildman–Crippen LogP) is 1.69. The molecule has 98 valence electrons. The molecule has 4 heteroatoms. The number of rotatable bonds is 5. The molecule has 4 nitrogen and oxygen atoms in total. The third-order valence-corrected chi connectivity index (χ3v) is 3.90. The zero-order valence-corrected chi connectivity index (χ0v) is 10.9. The van der Waals surface area contributed by atoms with E-state index in [0.29, 0.717) is 11.8 Å². The summed E-state index contributed by atoms with van der Waals surface area (Å²) in [6, 6.07) is 0. The van der Waals surface area contributed by atoms with Crippen LogP contribution in [-0.4, -0.2) is 29.4 Å². The molecule has 0 bridgehead atoms. The lowest BCUT2D eigenvalue weighted by Crippen LogP contribution is -2.58. The van der Waals surface area contributed by atoms with Crippen LogP contribution < -0.4 is 5.32 Å². The summed E-state index contributed by atoms with van der Waals surface area (Å²) in [5.74, 6) is 0.174. The fraction of sp³-hybridized carbons (Fsp3) is 0.846. The molecule has 0 heterocycles. The lowest BCUT2D eigenvalue weighted by molar-refractivity contribution is -0.137. The van der Waals surface area contributed by atoms with E-state index in [1.165, 1.54) is 0 Å². The molecule has 0 spiro atoms. The Morgan fingerprint density at radius 1 is 1.53 bits per heavy atom. The van der Waals surface area contributed by atoms with E-state index in [1.807, 2.05) is 0 Å². The number of aliphatic carboxylic acids is 1. The van der Waals surface area contributed by atoms with E-state index in [9.17, 15) is 9.59 Å². The first-order chi connectivity index (χ1) is 7.91. The van der Waals surface area contributed by atoms with Crippen LogP contribution in [0.15, 0.2) is 0 Å². The van der Waals surface area contributed by atoms with Crippen LogP contribution in [0.4, 0.5) is 0 Å². The van der Waals surface area contributed by atoms with E-state index < -0.39 is 11.5 Å². The highest BCUT2D eigenvalue weighted by Crippen LogP contribution is 2.39. The Labute approximate surface area is 103 Å². The molecule has 0 saturated heterocycles. The second-order valence-corrected chi connectivity index (χ2v) is 5.64. The Hall–Kier alpha value is -0.900. The van der Waals surface area contributed by atoms with Crippen molar-refractivity contribution in [2.24, 2.45) is 17.8 Å². The maximum absolute atomic E-state index is 11.5. The second kappa shape index (κ2) is 5.63. The number of aldehydes is 1. The SMILES string of the molecule is CC1CCC(C(C)C)C(C=O)(NCC(=O)O)C1. The molecule has 3 atom stereocenters. The van der Waals surface area contributed by atoms with Gasteiger partial charge in [-0.05, 0) is 30.6 Å². The number of carbonyl (C=O) groups excluding carboxylic acids is 1. The van der Waals surface area contributed by atoms with E-state index in [2.05, 4.69) is 26.1 Å². The minimum absolute atomic E-state index is 0.144. The van der Waals surface area contributed by atoms with Crippen LogP contribution in [0.1, 0.15) is 40.0 Å². The number of carboxylic acids is 1. The summed E-state index contributed by atoms with van der Waals surface area (Å²) >= 11 is 0. The molecule has 3 unspecified atom stereocenters. The summed E-state index contributed by atoms with van der Waals surface area (Å²) in [7, 11) is 0.